The number of alkyl halides is 1. The molecule has 0 aliphatic carbocycles. The van der Waals surface area contributed by atoms with Gasteiger partial charge < -0.3 is 10.1 Å². The monoisotopic (exact) mass is 504 g/mol. The van der Waals surface area contributed by atoms with Gasteiger partial charge in [0.2, 0.25) is 5.91 Å². The van der Waals surface area contributed by atoms with Gasteiger partial charge in [0.15, 0.2) is 5.82 Å². The number of rotatable bonds is 7. The predicted octanol–water partition coefficient (Wildman–Crippen LogP) is 6.14. The summed E-state index contributed by atoms with van der Waals surface area (Å²) in [7, 11) is 0. The second-order valence-electron chi connectivity index (χ2n) is 6.90. The Bertz CT molecular complexity index is 1280. The molecule has 33 heavy (non-hydrogen) atoms. The van der Waals surface area contributed by atoms with E-state index in [2.05, 4.69) is 15.4 Å². The molecule has 0 unspecified atom stereocenters. The highest BCUT2D eigenvalue weighted by Gasteiger charge is 2.16. The summed E-state index contributed by atoms with van der Waals surface area (Å²) in [5, 5.41) is 7.94. The van der Waals surface area contributed by atoms with Crippen molar-refractivity contribution in [1.82, 2.24) is 14.8 Å². The Morgan fingerprint density at radius 1 is 1.00 bits per heavy atom. The van der Waals surface area contributed by atoms with Crippen LogP contribution in [0.4, 0.5) is 10.1 Å². The van der Waals surface area contributed by atoms with E-state index in [-0.39, 0.29) is 30.2 Å². The summed E-state index contributed by atoms with van der Waals surface area (Å²) in [4.78, 5) is 16.0. The number of ether oxygens (including phenoxy) is 1. The number of nitrogens with zero attached hydrogens (tertiary/aromatic N) is 3. The van der Waals surface area contributed by atoms with Crippen LogP contribution in [0.15, 0.2) is 66.7 Å². The lowest BCUT2D eigenvalue weighted by Gasteiger charge is -2.08. The number of carbonyl (C=O) groups is 1. The van der Waals surface area contributed by atoms with Crippen LogP contribution in [0.5, 0.6) is 6.01 Å². The van der Waals surface area contributed by atoms with Crippen LogP contribution < -0.4 is 10.1 Å². The Hall–Kier alpha value is -3.13. The van der Waals surface area contributed by atoms with E-state index >= 15 is 0 Å². The van der Waals surface area contributed by atoms with Gasteiger partial charge >= 0.3 is 6.01 Å². The second-order valence-corrected chi connectivity index (χ2v) is 7.98. The standard InChI is InChI=1S/C23H16Cl3FN4O2/c24-12-21(32)28-17-6-8-18(9-7-17)31-22(15-3-10-19(25)20(26)11-15)29-23(30-31)33-13-14-1-4-16(27)5-2-14/h1-11H,12-13H2,(H,28,32). The predicted molar refractivity (Wildman–Crippen MR) is 127 cm³/mol. The van der Waals surface area contributed by atoms with Gasteiger partial charge in [-0.3, -0.25) is 4.79 Å². The van der Waals surface area contributed by atoms with Crippen molar-refractivity contribution in [3.63, 3.8) is 0 Å². The molecule has 168 valence electrons. The van der Waals surface area contributed by atoms with Crippen molar-refractivity contribution in [2.24, 2.45) is 0 Å². The Labute approximate surface area is 203 Å². The molecule has 0 bridgehead atoms. The lowest BCUT2D eigenvalue weighted by molar-refractivity contribution is -0.113. The average molecular weight is 506 g/mol. The molecule has 0 spiro atoms. The number of aromatic nitrogens is 3. The molecule has 4 aromatic rings. The Kier molecular flexibility index (Phi) is 7.13. The maximum Gasteiger partial charge on any atom is 0.336 e. The number of amides is 1. The molecule has 1 N–H and O–H groups in total. The van der Waals surface area contributed by atoms with Gasteiger partial charge in [-0.1, -0.05) is 35.3 Å². The highest BCUT2D eigenvalue weighted by molar-refractivity contribution is 6.42. The topological polar surface area (TPSA) is 69.0 Å². The number of carbonyl (C=O) groups excluding carboxylic acids is 1. The first-order chi connectivity index (χ1) is 15.9. The number of hydrogen-bond acceptors (Lipinski definition) is 4. The fraction of sp³-hybridized carbons (Fsp3) is 0.0870. The molecule has 1 heterocycles. The molecule has 0 saturated carbocycles. The molecule has 10 heteroatoms. The van der Waals surface area contributed by atoms with E-state index < -0.39 is 0 Å². The van der Waals surface area contributed by atoms with Crippen molar-refractivity contribution in [1.29, 1.82) is 0 Å². The van der Waals surface area contributed by atoms with Crippen molar-refractivity contribution in [3.8, 4) is 23.1 Å². The molecule has 0 atom stereocenters. The van der Waals surface area contributed by atoms with E-state index in [1.807, 2.05) is 0 Å². The lowest BCUT2D eigenvalue weighted by Crippen LogP contribution is -2.12. The van der Waals surface area contributed by atoms with E-state index in [0.717, 1.165) is 5.56 Å². The van der Waals surface area contributed by atoms with Crippen LogP contribution in [0, 0.1) is 5.82 Å². The maximum atomic E-state index is 13.1. The number of anilines is 1. The summed E-state index contributed by atoms with van der Waals surface area (Å²) < 4.78 is 20.5. The van der Waals surface area contributed by atoms with Gasteiger partial charge in [-0.25, -0.2) is 9.07 Å². The molecule has 0 radical (unpaired) electrons. The van der Waals surface area contributed by atoms with Crippen molar-refractivity contribution >= 4 is 46.4 Å². The first-order valence-electron chi connectivity index (χ1n) is 9.69. The second kappa shape index (κ2) is 10.2. The summed E-state index contributed by atoms with van der Waals surface area (Å²) >= 11 is 17.8. The summed E-state index contributed by atoms with van der Waals surface area (Å²) in [6, 6.07) is 18.2. The van der Waals surface area contributed by atoms with E-state index in [1.165, 1.54) is 12.1 Å². The minimum atomic E-state index is -0.325. The third-order valence-corrected chi connectivity index (χ3v) is 5.55. The van der Waals surface area contributed by atoms with Crippen LogP contribution in [0.2, 0.25) is 10.0 Å². The fourth-order valence-corrected chi connectivity index (χ4v) is 3.33. The molecule has 3 aromatic carbocycles. The maximum absolute atomic E-state index is 13.1. The molecule has 0 aliphatic rings. The molecular weight excluding hydrogens is 490 g/mol. The van der Waals surface area contributed by atoms with Crippen LogP contribution in [-0.4, -0.2) is 26.6 Å². The van der Waals surface area contributed by atoms with Gasteiger partial charge in [0, 0.05) is 11.3 Å². The largest absolute Gasteiger partial charge is 0.457 e. The highest BCUT2D eigenvalue weighted by Crippen LogP contribution is 2.30. The van der Waals surface area contributed by atoms with Crippen LogP contribution in [-0.2, 0) is 11.4 Å². The highest BCUT2D eigenvalue weighted by atomic mass is 35.5. The van der Waals surface area contributed by atoms with Crippen molar-refractivity contribution < 1.29 is 13.9 Å². The smallest absolute Gasteiger partial charge is 0.336 e. The van der Waals surface area contributed by atoms with E-state index in [0.29, 0.717) is 32.8 Å². The summed E-state index contributed by atoms with van der Waals surface area (Å²) in [6.07, 6.45) is 0. The summed E-state index contributed by atoms with van der Waals surface area (Å²) in [5.41, 5.74) is 2.70. The van der Waals surface area contributed by atoms with Gasteiger partial charge in [-0.15, -0.1) is 16.7 Å². The SMILES string of the molecule is O=C(CCl)Nc1ccc(-n2nc(OCc3ccc(F)cc3)nc2-c2ccc(Cl)c(Cl)c2)cc1. The van der Waals surface area contributed by atoms with Crippen molar-refractivity contribution in [2.75, 3.05) is 11.2 Å². The van der Waals surface area contributed by atoms with Crippen molar-refractivity contribution in [3.05, 3.63) is 88.2 Å². The minimum Gasteiger partial charge on any atom is -0.457 e. The molecule has 0 aliphatic heterocycles. The number of benzene rings is 3. The molecule has 1 amide bonds. The third-order valence-electron chi connectivity index (χ3n) is 4.56. The van der Waals surface area contributed by atoms with Gasteiger partial charge in [-0.2, -0.15) is 4.98 Å². The molecule has 0 saturated heterocycles. The van der Waals surface area contributed by atoms with Crippen LogP contribution in [0.3, 0.4) is 0 Å². The minimum absolute atomic E-state index is 0.125. The van der Waals surface area contributed by atoms with Crippen LogP contribution >= 0.6 is 34.8 Å². The third kappa shape index (κ3) is 5.63. The first kappa shape index (κ1) is 23.0. The molecule has 4 rings (SSSR count). The van der Waals surface area contributed by atoms with Crippen LogP contribution in [0.1, 0.15) is 5.56 Å². The number of nitrogens with one attached hydrogen (secondary N) is 1. The average Bonchev–Trinajstić information content (AvgIpc) is 3.25. The molecule has 6 nitrogen and oxygen atoms in total. The quantitative estimate of drug-likeness (QED) is 0.307. The van der Waals surface area contributed by atoms with E-state index in [9.17, 15) is 9.18 Å². The molecule has 1 aromatic heterocycles. The Morgan fingerprint density at radius 2 is 1.73 bits per heavy atom. The van der Waals surface area contributed by atoms with Crippen LogP contribution in [0.25, 0.3) is 17.1 Å². The van der Waals surface area contributed by atoms with E-state index in [1.54, 1.807) is 59.3 Å². The summed E-state index contributed by atoms with van der Waals surface area (Å²) in [5.74, 6) is -0.298. The zero-order valence-corrected chi connectivity index (χ0v) is 19.2. The van der Waals surface area contributed by atoms with Gasteiger partial charge in [0.25, 0.3) is 0 Å². The fourth-order valence-electron chi connectivity index (χ4n) is 2.97. The zero-order chi connectivity index (χ0) is 23.4. The Morgan fingerprint density at radius 3 is 2.39 bits per heavy atom. The van der Waals surface area contributed by atoms with Gasteiger partial charge in [-0.05, 0) is 60.2 Å². The molecule has 0 fully saturated rings. The summed E-state index contributed by atoms with van der Waals surface area (Å²) in [6.45, 7) is 0.161. The first-order valence-corrected chi connectivity index (χ1v) is 11.0. The number of hydrogen-bond donors (Lipinski definition) is 1. The Balaban J connectivity index is 1.66. The van der Waals surface area contributed by atoms with Gasteiger partial charge in [0.1, 0.15) is 18.3 Å². The van der Waals surface area contributed by atoms with Crippen molar-refractivity contribution in [2.45, 2.75) is 6.61 Å². The van der Waals surface area contributed by atoms with E-state index in [4.69, 9.17) is 39.5 Å². The normalized spacial score (nSPS) is 10.8. The lowest BCUT2D eigenvalue weighted by atomic mass is 10.2. The zero-order valence-electron chi connectivity index (χ0n) is 16.9. The number of halogens is 4. The molecular formula is C23H16Cl3FN4O2. The van der Waals surface area contributed by atoms with Gasteiger partial charge in [0.05, 0.1) is 15.7 Å².